The topological polar surface area (TPSA) is 59.7 Å². The first-order valence-corrected chi connectivity index (χ1v) is 12.9. The number of benzene rings is 2. The monoisotopic (exact) mass is 472 g/mol. The van der Waals surface area contributed by atoms with Crippen molar-refractivity contribution in [2.24, 2.45) is 11.8 Å². The number of carbonyl (C=O) groups is 2. The molecule has 2 saturated heterocycles. The molecule has 2 aliphatic rings. The highest BCUT2D eigenvalue weighted by Crippen LogP contribution is 2.33. The molecule has 0 unspecified atom stereocenters. The maximum atomic E-state index is 13.8. The van der Waals surface area contributed by atoms with E-state index in [0.29, 0.717) is 11.5 Å². The van der Waals surface area contributed by atoms with Crippen molar-refractivity contribution in [2.75, 3.05) is 38.1 Å². The molecule has 3 heterocycles. The van der Waals surface area contributed by atoms with E-state index in [1.807, 2.05) is 72.6 Å². The zero-order valence-corrected chi connectivity index (χ0v) is 20.8. The van der Waals surface area contributed by atoms with Crippen molar-refractivity contribution < 1.29 is 9.59 Å². The van der Waals surface area contributed by atoms with Gasteiger partial charge in [0.2, 0.25) is 5.91 Å². The van der Waals surface area contributed by atoms with Crippen LogP contribution in [0, 0.1) is 11.8 Å². The third-order valence-electron chi connectivity index (χ3n) is 8.08. The summed E-state index contributed by atoms with van der Waals surface area (Å²) in [5.41, 5.74) is 2.23. The largest absolute Gasteiger partial charge is 0.361 e. The first-order valence-electron chi connectivity index (χ1n) is 12.9. The number of para-hydroxylation sites is 1. The highest BCUT2D eigenvalue weighted by molar-refractivity contribution is 6.11. The molecule has 2 aliphatic heterocycles. The van der Waals surface area contributed by atoms with Crippen LogP contribution in [0.25, 0.3) is 10.9 Å². The number of anilines is 1. The van der Waals surface area contributed by atoms with Gasteiger partial charge in [0.1, 0.15) is 6.04 Å². The second-order valence-electron chi connectivity index (χ2n) is 10.3. The van der Waals surface area contributed by atoms with Crippen LogP contribution < -0.4 is 4.90 Å². The van der Waals surface area contributed by atoms with Gasteiger partial charge in [0.05, 0.1) is 0 Å². The normalized spacial score (nSPS) is 19.1. The van der Waals surface area contributed by atoms with E-state index in [4.69, 9.17) is 0 Å². The van der Waals surface area contributed by atoms with Crippen LogP contribution in [0.4, 0.5) is 5.69 Å². The molecule has 6 heteroatoms. The highest BCUT2D eigenvalue weighted by Gasteiger charge is 2.35. The Bertz CT molecular complexity index is 1160. The number of nitrogens with zero attached hydrogens (tertiary/aromatic N) is 3. The number of hydrogen-bond donors (Lipinski definition) is 1. The minimum atomic E-state index is -0.580. The van der Waals surface area contributed by atoms with Crippen molar-refractivity contribution in [1.29, 1.82) is 0 Å². The molecule has 0 spiro atoms. The average molecular weight is 473 g/mol. The van der Waals surface area contributed by atoms with Gasteiger partial charge in [-0.2, -0.15) is 0 Å². The van der Waals surface area contributed by atoms with Crippen molar-refractivity contribution >= 4 is 28.4 Å². The molecule has 6 nitrogen and oxygen atoms in total. The van der Waals surface area contributed by atoms with Crippen molar-refractivity contribution in [3.05, 3.63) is 66.4 Å². The van der Waals surface area contributed by atoms with E-state index in [-0.39, 0.29) is 11.8 Å². The highest BCUT2D eigenvalue weighted by atomic mass is 16.2. The minimum absolute atomic E-state index is 0.0324. The van der Waals surface area contributed by atoms with Gasteiger partial charge in [-0.3, -0.25) is 14.5 Å². The van der Waals surface area contributed by atoms with Gasteiger partial charge in [-0.1, -0.05) is 24.3 Å². The van der Waals surface area contributed by atoms with Crippen LogP contribution in [-0.2, 0) is 4.79 Å². The molecule has 1 aromatic heterocycles. The van der Waals surface area contributed by atoms with Gasteiger partial charge >= 0.3 is 0 Å². The second kappa shape index (κ2) is 10.2. The molecular formula is C29H36N4O2. The van der Waals surface area contributed by atoms with Crippen LogP contribution in [0.2, 0.25) is 0 Å². The molecule has 0 aliphatic carbocycles. The van der Waals surface area contributed by atoms with Crippen LogP contribution in [-0.4, -0.2) is 65.9 Å². The van der Waals surface area contributed by atoms with Crippen molar-refractivity contribution in [3.8, 4) is 0 Å². The Kier molecular flexibility index (Phi) is 6.91. The average Bonchev–Trinajstić information content (AvgIpc) is 3.37. The first kappa shape index (κ1) is 23.6. The van der Waals surface area contributed by atoms with E-state index >= 15 is 0 Å². The molecule has 2 aromatic carbocycles. The predicted molar refractivity (Wildman–Crippen MR) is 141 cm³/mol. The minimum Gasteiger partial charge on any atom is -0.361 e. The number of hydrogen-bond acceptors (Lipinski definition) is 3. The molecule has 0 saturated carbocycles. The van der Waals surface area contributed by atoms with Gasteiger partial charge in [0, 0.05) is 36.1 Å². The Hall–Kier alpha value is -3.12. The van der Waals surface area contributed by atoms with Crippen LogP contribution >= 0.6 is 0 Å². The fourth-order valence-corrected chi connectivity index (χ4v) is 5.89. The van der Waals surface area contributed by atoms with Crippen LogP contribution in [0.15, 0.2) is 60.8 Å². The van der Waals surface area contributed by atoms with Crippen molar-refractivity contribution in [3.63, 3.8) is 0 Å². The fourth-order valence-electron chi connectivity index (χ4n) is 5.89. The van der Waals surface area contributed by atoms with Crippen LogP contribution in [0.5, 0.6) is 0 Å². The van der Waals surface area contributed by atoms with E-state index in [1.54, 1.807) is 4.90 Å². The van der Waals surface area contributed by atoms with Gasteiger partial charge in [-0.25, -0.2) is 0 Å². The Morgan fingerprint density at radius 3 is 2.26 bits per heavy atom. The first-order chi connectivity index (χ1) is 17.0. The SMILES string of the molecule is C[C@H](C(=O)N1CCC(C2CCN(C)CC2)CC1)N(C(=O)c1ccc2cc[nH]c2c1)c1ccccc1. The Labute approximate surface area is 207 Å². The molecule has 0 bridgehead atoms. The predicted octanol–water partition coefficient (Wildman–Crippen LogP) is 4.78. The molecule has 1 N–H and O–H groups in total. The number of aromatic nitrogens is 1. The van der Waals surface area contributed by atoms with Gasteiger partial charge in [-0.05, 0) is 100 Å². The lowest BCUT2D eigenvalue weighted by molar-refractivity contribution is -0.133. The number of likely N-dealkylation sites (tertiary alicyclic amines) is 2. The maximum Gasteiger partial charge on any atom is 0.259 e. The van der Waals surface area contributed by atoms with Crippen LogP contribution in [0.1, 0.15) is 43.0 Å². The quantitative estimate of drug-likeness (QED) is 0.581. The molecule has 5 rings (SSSR count). The second-order valence-corrected chi connectivity index (χ2v) is 10.3. The summed E-state index contributed by atoms with van der Waals surface area (Å²) in [6.07, 6.45) is 6.54. The van der Waals surface area contributed by atoms with E-state index in [2.05, 4.69) is 16.9 Å². The van der Waals surface area contributed by atoms with Crippen molar-refractivity contribution in [2.45, 2.75) is 38.6 Å². The summed E-state index contributed by atoms with van der Waals surface area (Å²) in [4.78, 5) is 36.7. The number of amides is 2. The number of aromatic amines is 1. The smallest absolute Gasteiger partial charge is 0.259 e. The Morgan fingerprint density at radius 1 is 0.914 bits per heavy atom. The third-order valence-corrected chi connectivity index (χ3v) is 8.08. The van der Waals surface area contributed by atoms with Crippen molar-refractivity contribution in [1.82, 2.24) is 14.8 Å². The standard InChI is InChI=1S/C29H36N4O2/c1-21(28(34)32-18-13-23(14-19-32)22-11-16-31(2)17-12-22)33(26-6-4-3-5-7-26)29(35)25-9-8-24-10-15-30-27(24)20-25/h3-10,15,20-23,30H,11-14,16-19H2,1-2H3/t21-/m1/s1. The number of rotatable bonds is 5. The van der Waals surface area contributed by atoms with Gasteiger partial charge in [0.15, 0.2) is 0 Å². The lowest BCUT2D eigenvalue weighted by Crippen LogP contribution is -2.52. The van der Waals surface area contributed by atoms with Crippen LogP contribution in [0.3, 0.4) is 0 Å². The molecule has 1 atom stereocenters. The van der Waals surface area contributed by atoms with Gasteiger partial charge in [-0.15, -0.1) is 0 Å². The number of nitrogens with one attached hydrogen (secondary N) is 1. The molecule has 35 heavy (non-hydrogen) atoms. The van der Waals surface area contributed by atoms with E-state index in [0.717, 1.165) is 48.4 Å². The van der Waals surface area contributed by atoms with E-state index in [9.17, 15) is 9.59 Å². The zero-order chi connectivity index (χ0) is 24.4. The molecule has 3 aromatic rings. The van der Waals surface area contributed by atoms with E-state index in [1.165, 1.54) is 25.9 Å². The summed E-state index contributed by atoms with van der Waals surface area (Å²) < 4.78 is 0. The molecule has 0 radical (unpaired) electrons. The van der Waals surface area contributed by atoms with Gasteiger partial charge < -0.3 is 14.8 Å². The lowest BCUT2D eigenvalue weighted by Gasteiger charge is -2.41. The Balaban J connectivity index is 1.31. The summed E-state index contributed by atoms with van der Waals surface area (Å²) in [5, 5.41) is 1.06. The number of piperidine rings is 2. The molecule has 184 valence electrons. The number of H-pyrrole nitrogens is 1. The molecule has 2 amide bonds. The molecule has 2 fully saturated rings. The fraction of sp³-hybridized carbons (Fsp3) is 0.448. The van der Waals surface area contributed by atoms with E-state index < -0.39 is 6.04 Å². The number of fused-ring (bicyclic) bond motifs is 1. The summed E-state index contributed by atoms with van der Waals surface area (Å²) in [6.45, 7) is 5.80. The summed E-state index contributed by atoms with van der Waals surface area (Å²) >= 11 is 0. The Morgan fingerprint density at radius 2 is 1.57 bits per heavy atom. The zero-order valence-electron chi connectivity index (χ0n) is 20.8. The number of carbonyl (C=O) groups excluding carboxylic acids is 2. The maximum absolute atomic E-state index is 13.8. The summed E-state index contributed by atoms with van der Waals surface area (Å²) in [6, 6.07) is 16.6. The molecular weight excluding hydrogens is 436 g/mol. The summed E-state index contributed by atoms with van der Waals surface area (Å²) in [5.74, 6) is 1.37. The lowest BCUT2D eigenvalue weighted by atomic mass is 9.79. The van der Waals surface area contributed by atoms with Gasteiger partial charge in [0.25, 0.3) is 5.91 Å². The third kappa shape index (κ3) is 4.98. The summed E-state index contributed by atoms with van der Waals surface area (Å²) in [7, 11) is 2.20.